The van der Waals surface area contributed by atoms with Gasteiger partial charge in [0.2, 0.25) is 0 Å². The SMILES string of the molecule is ON=Cc1cc(Br)ccc1F. The lowest BCUT2D eigenvalue weighted by Crippen LogP contribution is -1.86. The number of nitrogens with zero attached hydrogens (tertiary/aromatic N) is 1. The lowest BCUT2D eigenvalue weighted by Gasteiger charge is -1.94. The van der Waals surface area contributed by atoms with E-state index in [1.807, 2.05) is 0 Å². The molecule has 0 heterocycles. The van der Waals surface area contributed by atoms with Crippen molar-refractivity contribution in [2.75, 3.05) is 0 Å². The molecule has 0 aliphatic rings. The first-order valence-corrected chi connectivity index (χ1v) is 3.66. The standard InChI is InChI=1S/C7H5BrFNO/c8-6-1-2-7(9)5(3-6)4-10-11/h1-4,11H. The van der Waals surface area contributed by atoms with Crippen LogP contribution < -0.4 is 0 Å². The van der Waals surface area contributed by atoms with Gasteiger partial charge in [-0.25, -0.2) is 4.39 Å². The van der Waals surface area contributed by atoms with E-state index in [4.69, 9.17) is 5.21 Å². The maximum absolute atomic E-state index is 12.7. The first-order chi connectivity index (χ1) is 5.24. The second kappa shape index (κ2) is 3.48. The Morgan fingerprint density at radius 3 is 2.91 bits per heavy atom. The van der Waals surface area contributed by atoms with Crippen LogP contribution in [0.3, 0.4) is 0 Å². The van der Waals surface area contributed by atoms with Crippen LogP contribution in [-0.2, 0) is 0 Å². The molecule has 0 aliphatic heterocycles. The number of rotatable bonds is 1. The summed E-state index contributed by atoms with van der Waals surface area (Å²) >= 11 is 3.16. The van der Waals surface area contributed by atoms with Crippen LogP contribution in [0.4, 0.5) is 4.39 Å². The number of hydrogen-bond acceptors (Lipinski definition) is 2. The fourth-order valence-corrected chi connectivity index (χ4v) is 1.05. The first-order valence-electron chi connectivity index (χ1n) is 2.86. The third kappa shape index (κ3) is 2.01. The molecule has 11 heavy (non-hydrogen) atoms. The van der Waals surface area contributed by atoms with Crippen LogP contribution >= 0.6 is 15.9 Å². The minimum atomic E-state index is -0.411. The van der Waals surface area contributed by atoms with Crippen molar-refractivity contribution in [2.45, 2.75) is 0 Å². The molecule has 0 saturated carbocycles. The molecule has 0 spiro atoms. The normalized spacial score (nSPS) is 10.7. The third-order valence-corrected chi connectivity index (χ3v) is 1.65. The van der Waals surface area contributed by atoms with E-state index in [0.717, 1.165) is 10.7 Å². The zero-order valence-corrected chi connectivity index (χ0v) is 7.05. The highest BCUT2D eigenvalue weighted by Gasteiger charge is 1.98. The van der Waals surface area contributed by atoms with E-state index in [9.17, 15) is 4.39 Å². The van der Waals surface area contributed by atoms with Crippen molar-refractivity contribution in [1.29, 1.82) is 0 Å². The monoisotopic (exact) mass is 217 g/mol. The Bertz CT molecular complexity index is 288. The molecule has 4 heteroatoms. The van der Waals surface area contributed by atoms with Crippen LogP contribution in [-0.4, -0.2) is 11.4 Å². The topological polar surface area (TPSA) is 32.6 Å². The first kappa shape index (κ1) is 8.20. The van der Waals surface area contributed by atoms with Crippen molar-refractivity contribution in [3.05, 3.63) is 34.1 Å². The van der Waals surface area contributed by atoms with Crippen molar-refractivity contribution in [2.24, 2.45) is 5.16 Å². The summed E-state index contributed by atoms with van der Waals surface area (Å²) in [5, 5.41) is 10.8. The van der Waals surface area contributed by atoms with E-state index < -0.39 is 5.82 Å². The number of benzene rings is 1. The van der Waals surface area contributed by atoms with Crippen molar-refractivity contribution in [3.63, 3.8) is 0 Å². The van der Waals surface area contributed by atoms with Crippen molar-refractivity contribution in [1.82, 2.24) is 0 Å². The summed E-state index contributed by atoms with van der Waals surface area (Å²) in [7, 11) is 0. The summed E-state index contributed by atoms with van der Waals surface area (Å²) in [5.41, 5.74) is 0.252. The van der Waals surface area contributed by atoms with Crippen LogP contribution in [0.1, 0.15) is 5.56 Å². The molecule has 2 nitrogen and oxygen atoms in total. The Balaban J connectivity index is 3.12. The Morgan fingerprint density at radius 2 is 2.27 bits per heavy atom. The van der Waals surface area contributed by atoms with Crippen molar-refractivity contribution in [3.8, 4) is 0 Å². The van der Waals surface area contributed by atoms with Gasteiger partial charge in [-0.15, -0.1) is 0 Å². The zero-order valence-electron chi connectivity index (χ0n) is 5.46. The molecule has 0 aliphatic carbocycles. The smallest absolute Gasteiger partial charge is 0.132 e. The van der Waals surface area contributed by atoms with Gasteiger partial charge in [0.1, 0.15) is 5.82 Å². The van der Waals surface area contributed by atoms with Crippen LogP contribution in [0.25, 0.3) is 0 Å². The molecule has 0 atom stereocenters. The van der Waals surface area contributed by atoms with Gasteiger partial charge in [-0.05, 0) is 18.2 Å². The van der Waals surface area contributed by atoms with Crippen LogP contribution in [0.2, 0.25) is 0 Å². The van der Waals surface area contributed by atoms with Gasteiger partial charge in [0.15, 0.2) is 0 Å². The second-order valence-corrected chi connectivity index (χ2v) is 2.83. The predicted molar refractivity (Wildman–Crippen MR) is 43.5 cm³/mol. The molecule has 0 aromatic heterocycles. The lowest BCUT2D eigenvalue weighted by atomic mass is 10.2. The Morgan fingerprint density at radius 1 is 1.55 bits per heavy atom. The molecule has 58 valence electrons. The van der Waals surface area contributed by atoms with Crippen molar-refractivity contribution < 1.29 is 9.60 Å². The predicted octanol–water partition coefficient (Wildman–Crippen LogP) is 2.40. The van der Waals surface area contributed by atoms with Gasteiger partial charge in [0, 0.05) is 10.0 Å². The maximum atomic E-state index is 12.7. The second-order valence-electron chi connectivity index (χ2n) is 1.91. The number of hydrogen-bond donors (Lipinski definition) is 1. The average molecular weight is 218 g/mol. The van der Waals surface area contributed by atoms with Crippen LogP contribution in [0.15, 0.2) is 27.8 Å². The Kier molecular flexibility index (Phi) is 2.59. The fourth-order valence-electron chi connectivity index (χ4n) is 0.676. The maximum Gasteiger partial charge on any atom is 0.132 e. The van der Waals surface area contributed by atoms with Gasteiger partial charge in [-0.3, -0.25) is 0 Å². The summed E-state index contributed by atoms with van der Waals surface area (Å²) in [6, 6.07) is 4.39. The molecular weight excluding hydrogens is 213 g/mol. The Labute approximate surface area is 71.5 Å². The van der Waals surface area contributed by atoms with Crippen LogP contribution in [0, 0.1) is 5.82 Å². The van der Waals surface area contributed by atoms with Gasteiger partial charge >= 0.3 is 0 Å². The number of halogens is 2. The molecule has 1 N–H and O–H groups in total. The fraction of sp³-hybridized carbons (Fsp3) is 0. The van der Waals surface area contributed by atoms with E-state index in [1.54, 1.807) is 6.07 Å². The average Bonchev–Trinajstić information content (AvgIpc) is 1.98. The molecule has 0 saturated heterocycles. The summed E-state index contributed by atoms with van der Waals surface area (Å²) in [5.74, 6) is -0.411. The van der Waals surface area contributed by atoms with Gasteiger partial charge in [-0.2, -0.15) is 0 Å². The molecule has 0 amide bonds. The largest absolute Gasteiger partial charge is 0.411 e. The highest BCUT2D eigenvalue weighted by atomic mass is 79.9. The summed E-state index contributed by atoms with van der Waals surface area (Å²) in [6.07, 6.45) is 1.04. The van der Waals surface area contributed by atoms with E-state index in [2.05, 4.69) is 21.1 Å². The third-order valence-electron chi connectivity index (χ3n) is 1.15. The van der Waals surface area contributed by atoms with E-state index in [1.165, 1.54) is 12.1 Å². The minimum absolute atomic E-state index is 0.252. The van der Waals surface area contributed by atoms with E-state index >= 15 is 0 Å². The summed E-state index contributed by atoms with van der Waals surface area (Å²) in [6.45, 7) is 0. The molecule has 0 bridgehead atoms. The van der Waals surface area contributed by atoms with Gasteiger partial charge in [0.05, 0.1) is 6.21 Å². The zero-order chi connectivity index (χ0) is 8.27. The van der Waals surface area contributed by atoms with E-state index in [0.29, 0.717) is 0 Å². The number of oxime groups is 1. The van der Waals surface area contributed by atoms with Crippen LogP contribution in [0.5, 0.6) is 0 Å². The summed E-state index contributed by atoms with van der Waals surface area (Å²) in [4.78, 5) is 0. The highest BCUT2D eigenvalue weighted by Crippen LogP contribution is 2.13. The van der Waals surface area contributed by atoms with Gasteiger partial charge in [-0.1, -0.05) is 21.1 Å². The van der Waals surface area contributed by atoms with Gasteiger partial charge < -0.3 is 5.21 Å². The molecular formula is C7H5BrFNO. The molecule has 0 radical (unpaired) electrons. The molecule has 1 aromatic carbocycles. The quantitative estimate of drug-likeness (QED) is 0.438. The highest BCUT2D eigenvalue weighted by molar-refractivity contribution is 9.10. The Hall–Kier alpha value is -0.900. The lowest BCUT2D eigenvalue weighted by molar-refractivity contribution is 0.321. The summed E-state index contributed by atoms with van der Waals surface area (Å²) < 4.78 is 13.5. The molecule has 1 rings (SSSR count). The van der Waals surface area contributed by atoms with Gasteiger partial charge in [0.25, 0.3) is 0 Å². The molecule has 0 unspecified atom stereocenters. The van der Waals surface area contributed by atoms with Crippen molar-refractivity contribution >= 4 is 22.1 Å². The molecule has 0 fully saturated rings. The van der Waals surface area contributed by atoms with E-state index in [-0.39, 0.29) is 5.56 Å². The molecule has 1 aromatic rings. The minimum Gasteiger partial charge on any atom is -0.411 e.